The number of hydrogen-bond acceptors (Lipinski definition) is 5. The van der Waals surface area contributed by atoms with Crippen LogP contribution in [0.2, 0.25) is 0 Å². The second kappa shape index (κ2) is 10.3. The Kier molecular flexibility index (Phi) is 7.00. The molecule has 1 aromatic heterocycles. The number of nitrogens with zero attached hydrogens (tertiary/aromatic N) is 4. The summed E-state index contributed by atoms with van der Waals surface area (Å²) < 4.78 is 0. The second-order valence-electron chi connectivity index (χ2n) is 10.3. The number of aliphatic hydroxyl groups is 1. The zero-order valence-electron chi connectivity index (χ0n) is 20.9. The number of hydrogen-bond donors (Lipinski definition) is 1. The van der Waals surface area contributed by atoms with E-state index >= 15 is 0 Å². The molecule has 2 aliphatic heterocycles. The Bertz CT molecular complexity index is 1170. The quantitative estimate of drug-likeness (QED) is 0.599. The molecule has 0 aliphatic carbocycles. The van der Waals surface area contributed by atoms with Crippen LogP contribution in [0.25, 0.3) is 10.9 Å². The maximum Gasteiger partial charge on any atom is 0.226 e. The molecule has 2 aliphatic rings. The Morgan fingerprint density at radius 1 is 0.971 bits per heavy atom. The van der Waals surface area contributed by atoms with Crippen LogP contribution in [0.1, 0.15) is 42.5 Å². The van der Waals surface area contributed by atoms with Crippen LogP contribution >= 0.6 is 0 Å². The van der Waals surface area contributed by atoms with Crippen molar-refractivity contribution in [1.82, 2.24) is 14.9 Å². The first-order valence-corrected chi connectivity index (χ1v) is 13.0. The molecule has 1 amide bonds. The van der Waals surface area contributed by atoms with Gasteiger partial charge in [-0.1, -0.05) is 42.0 Å². The third-order valence-corrected chi connectivity index (χ3v) is 7.84. The van der Waals surface area contributed by atoms with E-state index in [1.807, 2.05) is 30.0 Å². The summed E-state index contributed by atoms with van der Waals surface area (Å²) in [5.41, 5.74) is 4.37. The number of anilines is 1. The zero-order chi connectivity index (χ0) is 24.4. The van der Waals surface area contributed by atoms with E-state index in [4.69, 9.17) is 9.97 Å². The van der Waals surface area contributed by atoms with Crippen LogP contribution in [0.5, 0.6) is 0 Å². The predicted molar refractivity (Wildman–Crippen MR) is 139 cm³/mol. The van der Waals surface area contributed by atoms with E-state index in [0.29, 0.717) is 6.42 Å². The number of rotatable bonds is 5. The Labute approximate surface area is 208 Å². The average Bonchev–Trinajstić information content (AvgIpc) is 2.89. The summed E-state index contributed by atoms with van der Waals surface area (Å²) in [5, 5.41) is 11.8. The summed E-state index contributed by atoms with van der Waals surface area (Å²) in [5.74, 6) is 1.39. The Hall–Kier alpha value is -2.99. The summed E-state index contributed by atoms with van der Waals surface area (Å²) >= 11 is 0. The molecule has 0 saturated carbocycles. The maximum absolute atomic E-state index is 13.2. The smallest absolute Gasteiger partial charge is 0.226 e. The van der Waals surface area contributed by atoms with Crippen molar-refractivity contribution in [2.75, 3.05) is 31.1 Å². The number of aryl methyl sites for hydroxylation is 2. The minimum atomic E-state index is -0.341. The van der Waals surface area contributed by atoms with E-state index in [1.165, 1.54) is 11.1 Å². The highest BCUT2D eigenvalue weighted by molar-refractivity contribution is 5.82. The van der Waals surface area contributed by atoms with Crippen molar-refractivity contribution in [3.63, 3.8) is 0 Å². The summed E-state index contributed by atoms with van der Waals surface area (Å²) in [4.78, 5) is 27.1. The second-order valence-corrected chi connectivity index (χ2v) is 10.3. The van der Waals surface area contributed by atoms with Gasteiger partial charge in [-0.25, -0.2) is 9.97 Å². The molecule has 3 heterocycles. The van der Waals surface area contributed by atoms with E-state index in [1.54, 1.807) is 0 Å². The highest BCUT2D eigenvalue weighted by Crippen LogP contribution is 2.28. The number of aromatic nitrogens is 2. The van der Waals surface area contributed by atoms with Gasteiger partial charge in [-0.05, 0) is 69.6 Å². The van der Waals surface area contributed by atoms with Crippen molar-refractivity contribution in [1.29, 1.82) is 0 Å². The third kappa shape index (κ3) is 5.32. The van der Waals surface area contributed by atoms with Crippen molar-refractivity contribution in [3.8, 4) is 0 Å². The van der Waals surface area contributed by atoms with E-state index in [0.717, 1.165) is 74.4 Å². The molecule has 0 spiro atoms. The zero-order valence-corrected chi connectivity index (χ0v) is 20.9. The number of likely N-dealkylation sites (tertiary alicyclic amines) is 1. The van der Waals surface area contributed by atoms with Gasteiger partial charge in [0.2, 0.25) is 11.9 Å². The molecule has 184 valence electrons. The fourth-order valence-corrected chi connectivity index (χ4v) is 5.63. The Morgan fingerprint density at radius 3 is 2.40 bits per heavy atom. The third-order valence-electron chi connectivity index (χ3n) is 7.84. The van der Waals surface area contributed by atoms with Gasteiger partial charge in [0.1, 0.15) is 0 Å². The van der Waals surface area contributed by atoms with Gasteiger partial charge in [-0.15, -0.1) is 0 Å². The van der Waals surface area contributed by atoms with Crippen LogP contribution in [0, 0.1) is 25.7 Å². The molecule has 1 atom stereocenters. The molecule has 6 heteroatoms. The van der Waals surface area contributed by atoms with Gasteiger partial charge in [-0.3, -0.25) is 4.79 Å². The van der Waals surface area contributed by atoms with Crippen LogP contribution in [0.3, 0.4) is 0 Å². The van der Waals surface area contributed by atoms with Gasteiger partial charge in [0.05, 0.1) is 17.3 Å². The summed E-state index contributed by atoms with van der Waals surface area (Å²) in [6, 6.07) is 16.5. The number of aliphatic hydroxyl groups excluding tert-OH is 1. The number of piperidine rings is 2. The first-order chi connectivity index (χ1) is 17.0. The summed E-state index contributed by atoms with van der Waals surface area (Å²) in [6.45, 7) is 7.25. The maximum atomic E-state index is 13.2. The lowest BCUT2D eigenvalue weighted by Gasteiger charge is -2.38. The number of amides is 1. The van der Waals surface area contributed by atoms with Crippen molar-refractivity contribution >= 4 is 22.8 Å². The molecule has 6 nitrogen and oxygen atoms in total. The van der Waals surface area contributed by atoms with E-state index in [9.17, 15) is 9.90 Å². The van der Waals surface area contributed by atoms with Crippen LogP contribution in [-0.4, -0.2) is 58.2 Å². The lowest BCUT2D eigenvalue weighted by atomic mass is 9.87. The van der Waals surface area contributed by atoms with Crippen molar-refractivity contribution < 1.29 is 9.90 Å². The van der Waals surface area contributed by atoms with Gasteiger partial charge in [0.15, 0.2) is 0 Å². The van der Waals surface area contributed by atoms with Gasteiger partial charge in [-0.2, -0.15) is 0 Å². The number of fused-ring (bicyclic) bond motifs is 1. The first kappa shape index (κ1) is 23.7. The molecule has 0 unspecified atom stereocenters. The SMILES string of the molecule is Cc1ccc2nc(N3CCC(C(=O)N4CCC([C@@H](O)Cc5ccccc5)CC4)CC3)nc(C)c2c1. The lowest BCUT2D eigenvalue weighted by Crippen LogP contribution is -2.47. The highest BCUT2D eigenvalue weighted by Gasteiger charge is 2.33. The number of carbonyl (C=O) groups excluding carboxylic acids is 1. The largest absolute Gasteiger partial charge is 0.392 e. The molecular formula is C29H36N4O2. The molecular weight excluding hydrogens is 436 g/mol. The number of carbonyl (C=O) groups is 1. The first-order valence-electron chi connectivity index (χ1n) is 13.0. The van der Waals surface area contributed by atoms with Gasteiger partial charge in [0, 0.05) is 37.5 Å². The summed E-state index contributed by atoms with van der Waals surface area (Å²) in [6.07, 6.45) is 3.78. The average molecular weight is 473 g/mol. The standard InChI is InChI=1S/C29H36N4O2/c1-20-8-9-26-25(18-20)21(2)30-29(31-26)33-16-12-24(13-17-33)28(35)32-14-10-23(11-15-32)27(34)19-22-6-4-3-5-7-22/h3-9,18,23-24,27,34H,10-17,19H2,1-2H3/t27-/m0/s1. The van der Waals surface area contributed by atoms with Crippen LogP contribution in [-0.2, 0) is 11.2 Å². The molecule has 2 fully saturated rings. The van der Waals surface area contributed by atoms with Gasteiger partial charge >= 0.3 is 0 Å². The van der Waals surface area contributed by atoms with Gasteiger partial charge in [0.25, 0.3) is 0 Å². The van der Waals surface area contributed by atoms with E-state index in [-0.39, 0.29) is 23.8 Å². The van der Waals surface area contributed by atoms with Crippen LogP contribution < -0.4 is 4.90 Å². The molecule has 1 N–H and O–H groups in total. The van der Waals surface area contributed by atoms with Crippen molar-refractivity contribution in [3.05, 3.63) is 65.4 Å². The van der Waals surface area contributed by atoms with Crippen molar-refractivity contribution in [2.24, 2.45) is 11.8 Å². The molecule has 0 radical (unpaired) electrons. The Morgan fingerprint density at radius 2 is 1.69 bits per heavy atom. The molecule has 0 bridgehead atoms. The minimum Gasteiger partial charge on any atom is -0.392 e. The lowest BCUT2D eigenvalue weighted by molar-refractivity contribution is -0.138. The molecule has 35 heavy (non-hydrogen) atoms. The van der Waals surface area contributed by atoms with Crippen molar-refractivity contribution in [2.45, 2.75) is 52.1 Å². The Balaban J connectivity index is 1.13. The van der Waals surface area contributed by atoms with Crippen LogP contribution in [0.4, 0.5) is 5.95 Å². The van der Waals surface area contributed by atoms with E-state index in [2.05, 4.69) is 42.2 Å². The predicted octanol–water partition coefficient (Wildman–Crippen LogP) is 4.31. The van der Waals surface area contributed by atoms with Gasteiger partial charge < -0.3 is 14.9 Å². The highest BCUT2D eigenvalue weighted by atomic mass is 16.3. The van der Waals surface area contributed by atoms with Crippen LogP contribution in [0.15, 0.2) is 48.5 Å². The number of benzene rings is 2. The minimum absolute atomic E-state index is 0.0706. The molecule has 3 aromatic rings. The normalized spacial score (nSPS) is 18.7. The topological polar surface area (TPSA) is 69.6 Å². The molecule has 5 rings (SSSR count). The fourth-order valence-electron chi connectivity index (χ4n) is 5.63. The molecule has 2 aromatic carbocycles. The summed E-state index contributed by atoms with van der Waals surface area (Å²) in [7, 11) is 0. The van der Waals surface area contributed by atoms with E-state index < -0.39 is 0 Å². The monoisotopic (exact) mass is 472 g/mol. The fraction of sp³-hybridized carbons (Fsp3) is 0.483. The molecule has 2 saturated heterocycles.